The molecule has 2 rings (SSSR count). The van der Waals surface area contributed by atoms with Gasteiger partial charge in [-0.2, -0.15) is 0 Å². The van der Waals surface area contributed by atoms with E-state index in [9.17, 15) is 4.79 Å². The van der Waals surface area contributed by atoms with Gasteiger partial charge in [-0.25, -0.2) is 4.98 Å². The first-order valence-corrected chi connectivity index (χ1v) is 8.46. The molecule has 1 aliphatic rings. The van der Waals surface area contributed by atoms with E-state index >= 15 is 0 Å². The van der Waals surface area contributed by atoms with E-state index in [0.29, 0.717) is 16.7 Å². The summed E-state index contributed by atoms with van der Waals surface area (Å²) >= 11 is 1.37. The third-order valence-electron chi connectivity index (χ3n) is 4.48. The molecule has 0 aromatic carbocycles. The number of nitrogens with zero attached hydrogens (tertiary/aromatic N) is 3. The number of nitrogens with two attached hydrogens (primary N) is 1. The largest absolute Gasteiger partial charge is 0.382 e. The van der Waals surface area contributed by atoms with E-state index in [-0.39, 0.29) is 5.91 Å². The zero-order chi connectivity index (χ0) is 15.6. The van der Waals surface area contributed by atoms with Crippen molar-refractivity contribution in [3.8, 4) is 0 Å². The molecule has 0 aliphatic heterocycles. The van der Waals surface area contributed by atoms with Crippen molar-refractivity contribution in [1.29, 1.82) is 0 Å². The van der Waals surface area contributed by atoms with Crippen LogP contribution in [0.2, 0.25) is 0 Å². The van der Waals surface area contributed by atoms with Gasteiger partial charge in [0.1, 0.15) is 10.7 Å². The van der Waals surface area contributed by atoms with Gasteiger partial charge in [0.05, 0.1) is 0 Å². The number of nitrogen functional groups attached to an aromatic ring is 1. The van der Waals surface area contributed by atoms with Crippen LogP contribution in [0.1, 0.15) is 48.7 Å². The summed E-state index contributed by atoms with van der Waals surface area (Å²) in [5, 5.41) is 0.777. The van der Waals surface area contributed by atoms with Gasteiger partial charge in [0.15, 0.2) is 5.13 Å². The van der Waals surface area contributed by atoms with Crippen molar-refractivity contribution < 1.29 is 4.79 Å². The molecular formula is C15H26N4OS. The summed E-state index contributed by atoms with van der Waals surface area (Å²) in [6.07, 6.45) is 5.89. The quantitative estimate of drug-likeness (QED) is 0.929. The Bertz CT molecular complexity index is 492. The summed E-state index contributed by atoms with van der Waals surface area (Å²) in [5.41, 5.74) is 5.92. The Morgan fingerprint density at radius 2 is 1.90 bits per heavy atom. The van der Waals surface area contributed by atoms with Gasteiger partial charge in [-0.15, -0.1) is 0 Å². The molecule has 1 aliphatic carbocycles. The lowest BCUT2D eigenvalue weighted by Gasteiger charge is -2.34. The summed E-state index contributed by atoms with van der Waals surface area (Å²) in [6, 6.07) is 0.338. The molecule has 5 nitrogen and oxygen atoms in total. The molecule has 0 spiro atoms. The predicted molar refractivity (Wildman–Crippen MR) is 89.0 cm³/mol. The number of hydrogen-bond donors (Lipinski definition) is 1. The second-order valence-corrected chi connectivity index (χ2v) is 7.08. The highest BCUT2D eigenvalue weighted by molar-refractivity contribution is 7.18. The second-order valence-electron chi connectivity index (χ2n) is 6.10. The van der Waals surface area contributed by atoms with Crippen LogP contribution < -0.4 is 10.6 Å². The lowest BCUT2D eigenvalue weighted by molar-refractivity contribution is 0.0680. The molecule has 0 radical (unpaired) electrons. The van der Waals surface area contributed by atoms with Gasteiger partial charge in [0, 0.05) is 27.2 Å². The molecule has 0 bridgehead atoms. The number of hydrogen-bond acceptors (Lipinski definition) is 5. The van der Waals surface area contributed by atoms with E-state index in [1.165, 1.54) is 30.6 Å². The van der Waals surface area contributed by atoms with Crippen LogP contribution in [-0.2, 0) is 0 Å². The van der Waals surface area contributed by atoms with E-state index in [1.54, 1.807) is 0 Å². The Labute approximate surface area is 131 Å². The number of carbonyl (C=O) groups is 1. The van der Waals surface area contributed by atoms with Crippen molar-refractivity contribution in [3.05, 3.63) is 4.88 Å². The van der Waals surface area contributed by atoms with Gasteiger partial charge in [0.25, 0.3) is 5.91 Å². The zero-order valence-electron chi connectivity index (χ0n) is 13.4. The average molecular weight is 310 g/mol. The monoisotopic (exact) mass is 310 g/mol. The van der Waals surface area contributed by atoms with Gasteiger partial charge >= 0.3 is 0 Å². The summed E-state index contributed by atoms with van der Waals surface area (Å²) in [7, 11) is 5.71. The Balaban J connectivity index is 2.06. The Hall–Kier alpha value is -1.30. The number of rotatable bonds is 4. The van der Waals surface area contributed by atoms with Gasteiger partial charge < -0.3 is 15.5 Å². The Kier molecular flexibility index (Phi) is 5.08. The number of carbonyl (C=O) groups excluding carboxylic acids is 1. The predicted octanol–water partition coefficient (Wildman–Crippen LogP) is 2.83. The van der Waals surface area contributed by atoms with Crippen LogP contribution >= 0.6 is 11.3 Å². The van der Waals surface area contributed by atoms with Gasteiger partial charge in [-0.05, 0) is 31.6 Å². The summed E-state index contributed by atoms with van der Waals surface area (Å²) in [5.74, 6) is 1.19. The fraction of sp³-hybridized carbons (Fsp3) is 0.733. The molecule has 118 valence electrons. The van der Waals surface area contributed by atoms with Crippen molar-refractivity contribution in [2.75, 3.05) is 31.8 Å². The molecule has 1 fully saturated rings. The maximum absolute atomic E-state index is 12.6. The van der Waals surface area contributed by atoms with Gasteiger partial charge in [0.2, 0.25) is 0 Å². The molecule has 2 N–H and O–H groups in total. The van der Waals surface area contributed by atoms with Crippen LogP contribution in [0.5, 0.6) is 0 Å². The molecule has 1 aromatic rings. The third kappa shape index (κ3) is 3.48. The standard InChI is InChI=1S/C15H26N4OS/c1-5-10-6-8-11(9-7-10)19(4)14(20)12-13(16)17-15(21-12)18(2)3/h10-11H,5-9,16H2,1-4H3. The molecule has 21 heavy (non-hydrogen) atoms. The smallest absolute Gasteiger partial charge is 0.267 e. The van der Waals surface area contributed by atoms with Crippen LogP contribution in [-0.4, -0.2) is 43.0 Å². The number of aromatic nitrogens is 1. The molecule has 1 aromatic heterocycles. The molecular weight excluding hydrogens is 284 g/mol. The SMILES string of the molecule is CCC1CCC(N(C)C(=O)c2sc(N(C)C)nc2N)CC1. The van der Waals surface area contributed by atoms with Crippen molar-refractivity contribution in [2.24, 2.45) is 5.92 Å². The lowest BCUT2D eigenvalue weighted by Crippen LogP contribution is -2.39. The van der Waals surface area contributed by atoms with E-state index in [4.69, 9.17) is 5.73 Å². The molecule has 0 unspecified atom stereocenters. The number of anilines is 2. The fourth-order valence-electron chi connectivity index (χ4n) is 2.93. The van der Waals surface area contributed by atoms with Crippen LogP contribution in [0.15, 0.2) is 0 Å². The first kappa shape index (κ1) is 16.1. The summed E-state index contributed by atoms with van der Waals surface area (Å²) in [4.78, 5) is 21.2. The van der Waals surface area contributed by atoms with Gasteiger partial charge in [-0.1, -0.05) is 24.7 Å². The highest BCUT2D eigenvalue weighted by atomic mass is 32.1. The number of thiazole rings is 1. The molecule has 1 heterocycles. The van der Waals surface area contributed by atoms with E-state index in [1.807, 2.05) is 30.9 Å². The van der Waals surface area contributed by atoms with Crippen molar-refractivity contribution >= 4 is 28.2 Å². The van der Waals surface area contributed by atoms with E-state index in [2.05, 4.69) is 11.9 Å². The molecule has 1 saturated carbocycles. The highest BCUT2D eigenvalue weighted by Crippen LogP contribution is 2.32. The normalized spacial score (nSPS) is 22.1. The molecule has 1 amide bonds. The maximum atomic E-state index is 12.6. The second kappa shape index (κ2) is 6.64. The first-order chi connectivity index (χ1) is 9.93. The van der Waals surface area contributed by atoms with Crippen LogP contribution in [0.4, 0.5) is 10.9 Å². The molecule has 0 atom stereocenters. The minimum Gasteiger partial charge on any atom is -0.382 e. The third-order valence-corrected chi connectivity index (χ3v) is 5.71. The Morgan fingerprint density at radius 1 is 1.29 bits per heavy atom. The van der Waals surface area contributed by atoms with Crippen molar-refractivity contribution in [1.82, 2.24) is 9.88 Å². The average Bonchev–Trinajstić information content (AvgIpc) is 2.88. The van der Waals surface area contributed by atoms with E-state index < -0.39 is 0 Å². The first-order valence-electron chi connectivity index (χ1n) is 7.64. The summed E-state index contributed by atoms with van der Waals surface area (Å²) < 4.78 is 0. The topological polar surface area (TPSA) is 62.5 Å². The highest BCUT2D eigenvalue weighted by Gasteiger charge is 2.28. The van der Waals surface area contributed by atoms with Gasteiger partial charge in [-0.3, -0.25) is 4.79 Å². The number of amides is 1. The molecule has 6 heteroatoms. The molecule has 0 saturated heterocycles. The van der Waals surface area contributed by atoms with Crippen LogP contribution in [0.3, 0.4) is 0 Å². The minimum atomic E-state index is 0.0121. The van der Waals surface area contributed by atoms with E-state index in [0.717, 1.165) is 23.9 Å². The Morgan fingerprint density at radius 3 is 2.38 bits per heavy atom. The summed E-state index contributed by atoms with van der Waals surface area (Å²) in [6.45, 7) is 2.25. The fourth-order valence-corrected chi connectivity index (χ4v) is 3.82. The van der Waals surface area contributed by atoms with Crippen LogP contribution in [0, 0.1) is 5.92 Å². The van der Waals surface area contributed by atoms with Crippen LogP contribution in [0.25, 0.3) is 0 Å². The lowest BCUT2D eigenvalue weighted by atomic mass is 9.84. The minimum absolute atomic E-state index is 0.0121. The van der Waals surface area contributed by atoms with Crippen molar-refractivity contribution in [3.63, 3.8) is 0 Å². The zero-order valence-corrected chi connectivity index (χ0v) is 14.2. The van der Waals surface area contributed by atoms with Crippen molar-refractivity contribution in [2.45, 2.75) is 45.1 Å². The maximum Gasteiger partial charge on any atom is 0.267 e.